The summed E-state index contributed by atoms with van der Waals surface area (Å²) in [4.78, 5) is 23.4. The Kier molecular flexibility index (Phi) is 4.11. The van der Waals surface area contributed by atoms with Gasteiger partial charge in [-0.05, 0) is 25.1 Å². The second-order valence-electron chi connectivity index (χ2n) is 4.26. The molecular formula is C13H11Cl2N3O2. The van der Waals surface area contributed by atoms with Crippen molar-refractivity contribution in [2.75, 3.05) is 5.01 Å². The van der Waals surface area contributed by atoms with Crippen molar-refractivity contribution in [1.82, 2.24) is 5.32 Å². The molecule has 1 aromatic rings. The van der Waals surface area contributed by atoms with E-state index in [0.717, 1.165) is 0 Å². The first-order chi connectivity index (χ1) is 9.38. The Hall–Kier alpha value is -1.85. The van der Waals surface area contributed by atoms with Crippen molar-refractivity contribution < 1.29 is 9.59 Å². The van der Waals surface area contributed by atoms with Gasteiger partial charge in [-0.1, -0.05) is 29.8 Å². The number of hydrazone groups is 1. The van der Waals surface area contributed by atoms with E-state index in [4.69, 9.17) is 23.2 Å². The second kappa shape index (κ2) is 5.64. The van der Waals surface area contributed by atoms with Crippen LogP contribution in [0, 0.1) is 0 Å². The van der Waals surface area contributed by atoms with Crippen LogP contribution in [0.15, 0.2) is 35.5 Å². The third kappa shape index (κ3) is 3.00. The number of carbonyl (C=O) groups excluding carboxylic acids is 2. The summed E-state index contributed by atoms with van der Waals surface area (Å²) >= 11 is 11.7. The molecular weight excluding hydrogens is 301 g/mol. The third-order valence-electron chi connectivity index (χ3n) is 2.57. The largest absolute Gasteiger partial charge is 0.308 e. The fraction of sp³-hybridized carbons (Fsp3) is 0.154. The highest BCUT2D eigenvalue weighted by molar-refractivity contribution is 6.42. The van der Waals surface area contributed by atoms with Crippen LogP contribution < -0.4 is 10.3 Å². The van der Waals surface area contributed by atoms with Gasteiger partial charge in [-0.25, -0.2) is 0 Å². The molecule has 104 valence electrons. The smallest absolute Gasteiger partial charge is 0.255 e. The van der Waals surface area contributed by atoms with Crippen LogP contribution in [-0.2, 0) is 9.59 Å². The molecule has 2 rings (SSSR count). The third-order valence-corrected chi connectivity index (χ3v) is 3.31. The van der Waals surface area contributed by atoms with Gasteiger partial charge in [-0.15, -0.1) is 0 Å². The number of benzene rings is 1. The van der Waals surface area contributed by atoms with Crippen LogP contribution in [0.3, 0.4) is 0 Å². The molecule has 7 heteroatoms. The zero-order chi connectivity index (χ0) is 14.9. The molecule has 0 bridgehead atoms. The van der Waals surface area contributed by atoms with Crippen LogP contribution in [0.1, 0.15) is 13.3 Å². The minimum atomic E-state index is -0.368. The maximum absolute atomic E-state index is 11.9. The van der Waals surface area contributed by atoms with Crippen molar-refractivity contribution in [3.8, 4) is 0 Å². The molecule has 5 nitrogen and oxygen atoms in total. The van der Waals surface area contributed by atoms with Gasteiger partial charge in [0.25, 0.3) is 11.8 Å². The van der Waals surface area contributed by atoms with Crippen molar-refractivity contribution in [2.45, 2.75) is 13.3 Å². The van der Waals surface area contributed by atoms with Crippen molar-refractivity contribution >= 4 is 46.5 Å². The van der Waals surface area contributed by atoms with Gasteiger partial charge in [0.05, 0.1) is 22.2 Å². The zero-order valence-electron chi connectivity index (χ0n) is 10.6. The average molecular weight is 312 g/mol. The molecule has 0 atom stereocenters. The van der Waals surface area contributed by atoms with Crippen LogP contribution in [0.25, 0.3) is 0 Å². The van der Waals surface area contributed by atoms with Crippen LogP contribution in [0.4, 0.5) is 5.69 Å². The van der Waals surface area contributed by atoms with Gasteiger partial charge in [-0.2, -0.15) is 10.1 Å². The molecule has 0 saturated heterocycles. The lowest BCUT2D eigenvalue weighted by Crippen LogP contribution is -2.29. The van der Waals surface area contributed by atoms with E-state index in [2.05, 4.69) is 17.0 Å². The summed E-state index contributed by atoms with van der Waals surface area (Å²) in [6.45, 7) is 5.09. The molecule has 1 aromatic carbocycles. The maximum atomic E-state index is 11.9. The van der Waals surface area contributed by atoms with Gasteiger partial charge in [-0.3, -0.25) is 9.59 Å². The number of hydrogen-bond acceptors (Lipinski definition) is 3. The van der Waals surface area contributed by atoms with E-state index < -0.39 is 0 Å². The van der Waals surface area contributed by atoms with Gasteiger partial charge in [0.2, 0.25) is 0 Å². The summed E-state index contributed by atoms with van der Waals surface area (Å²) in [7, 11) is 0. The molecule has 1 N–H and O–H groups in total. The molecule has 0 aliphatic carbocycles. The minimum Gasteiger partial charge on any atom is -0.308 e. The Morgan fingerprint density at radius 2 is 2.10 bits per heavy atom. The van der Waals surface area contributed by atoms with Crippen LogP contribution in [0.2, 0.25) is 10.0 Å². The zero-order valence-corrected chi connectivity index (χ0v) is 12.1. The number of amidine groups is 1. The monoisotopic (exact) mass is 311 g/mol. The Labute approximate surface area is 125 Å². The highest BCUT2D eigenvalue weighted by atomic mass is 35.5. The summed E-state index contributed by atoms with van der Waals surface area (Å²) in [5.74, 6) is -0.359. The van der Waals surface area contributed by atoms with Gasteiger partial charge in [0, 0.05) is 5.57 Å². The molecule has 0 spiro atoms. The number of anilines is 1. The van der Waals surface area contributed by atoms with Gasteiger partial charge in [0.15, 0.2) is 0 Å². The van der Waals surface area contributed by atoms with Crippen molar-refractivity contribution in [3.05, 3.63) is 40.4 Å². The second-order valence-corrected chi connectivity index (χ2v) is 5.08. The maximum Gasteiger partial charge on any atom is 0.255 e. The van der Waals surface area contributed by atoms with Crippen molar-refractivity contribution in [1.29, 1.82) is 0 Å². The number of nitrogens with one attached hydrogen (secondary N) is 1. The lowest BCUT2D eigenvalue weighted by molar-refractivity contribution is -0.116. The standard InChI is InChI=1S/C13H11Cl2N3O2/c1-7(2)13(20)16-11-6-12(19)18(17-11)8-3-4-9(14)10(15)5-8/h3-5H,1,6H2,2H3,(H,16,17,20). The number of nitrogens with zero attached hydrogens (tertiary/aromatic N) is 2. The highest BCUT2D eigenvalue weighted by Crippen LogP contribution is 2.29. The number of carbonyl (C=O) groups is 2. The first-order valence-electron chi connectivity index (χ1n) is 5.71. The topological polar surface area (TPSA) is 61.8 Å². The van der Waals surface area contributed by atoms with Crippen LogP contribution in [0.5, 0.6) is 0 Å². The van der Waals surface area contributed by atoms with E-state index in [1.807, 2.05) is 0 Å². The highest BCUT2D eigenvalue weighted by Gasteiger charge is 2.26. The van der Waals surface area contributed by atoms with Gasteiger partial charge >= 0.3 is 0 Å². The number of amides is 2. The van der Waals surface area contributed by atoms with Crippen LogP contribution in [-0.4, -0.2) is 17.6 Å². The Bertz CT molecular complexity index is 641. The molecule has 0 unspecified atom stereocenters. The predicted octanol–water partition coefficient (Wildman–Crippen LogP) is 2.74. The molecule has 0 aromatic heterocycles. The number of hydrogen-bond donors (Lipinski definition) is 1. The Morgan fingerprint density at radius 3 is 2.70 bits per heavy atom. The Balaban J connectivity index is 2.22. The van der Waals surface area contributed by atoms with E-state index in [1.165, 1.54) is 11.1 Å². The Morgan fingerprint density at radius 1 is 1.40 bits per heavy atom. The first kappa shape index (κ1) is 14.6. The number of rotatable bonds is 2. The SMILES string of the molecule is C=C(C)C(=O)NC1=NN(c2ccc(Cl)c(Cl)c2)C(=O)C1. The van der Waals surface area contributed by atoms with Crippen molar-refractivity contribution in [3.63, 3.8) is 0 Å². The summed E-state index contributed by atoms with van der Waals surface area (Å²) in [5, 5.41) is 8.48. The molecule has 20 heavy (non-hydrogen) atoms. The molecule has 0 fully saturated rings. The van der Waals surface area contributed by atoms with Crippen molar-refractivity contribution in [2.24, 2.45) is 5.10 Å². The van der Waals surface area contributed by atoms with E-state index in [1.54, 1.807) is 19.1 Å². The summed E-state index contributed by atoms with van der Waals surface area (Å²) in [5.41, 5.74) is 0.831. The molecule has 2 amide bonds. The van der Waals surface area contributed by atoms with E-state index in [-0.39, 0.29) is 24.1 Å². The number of halogens is 2. The van der Waals surface area contributed by atoms with E-state index >= 15 is 0 Å². The molecule has 0 saturated carbocycles. The molecule has 1 heterocycles. The van der Waals surface area contributed by atoms with Gasteiger partial charge < -0.3 is 5.32 Å². The quantitative estimate of drug-likeness (QED) is 0.854. The summed E-state index contributed by atoms with van der Waals surface area (Å²) in [6, 6.07) is 4.74. The summed E-state index contributed by atoms with van der Waals surface area (Å²) in [6.07, 6.45) is 0.0132. The van der Waals surface area contributed by atoms with E-state index in [0.29, 0.717) is 21.3 Å². The first-order valence-corrected chi connectivity index (χ1v) is 6.46. The normalized spacial score (nSPS) is 14.2. The fourth-order valence-corrected chi connectivity index (χ4v) is 1.85. The average Bonchev–Trinajstić information content (AvgIpc) is 2.73. The fourth-order valence-electron chi connectivity index (χ4n) is 1.56. The lowest BCUT2D eigenvalue weighted by Gasteiger charge is -2.11. The molecule has 1 aliphatic heterocycles. The molecule has 1 aliphatic rings. The molecule has 0 radical (unpaired) electrons. The predicted molar refractivity (Wildman–Crippen MR) is 79.0 cm³/mol. The summed E-state index contributed by atoms with van der Waals surface area (Å²) < 4.78 is 0. The van der Waals surface area contributed by atoms with Gasteiger partial charge in [0.1, 0.15) is 5.84 Å². The minimum absolute atomic E-state index is 0.0132. The van der Waals surface area contributed by atoms with E-state index in [9.17, 15) is 9.59 Å². The lowest BCUT2D eigenvalue weighted by atomic mass is 10.3. The van der Waals surface area contributed by atoms with Crippen LogP contribution >= 0.6 is 23.2 Å².